The van der Waals surface area contributed by atoms with Crippen LogP contribution in [0.5, 0.6) is 0 Å². The average molecular weight is 300 g/mol. The lowest BCUT2D eigenvalue weighted by atomic mass is 10.2. The molecule has 106 valence electrons. The zero-order valence-electron chi connectivity index (χ0n) is 11.2. The molecule has 1 aliphatic rings. The van der Waals surface area contributed by atoms with Crippen molar-refractivity contribution in [3.63, 3.8) is 0 Å². The Kier molecular flexibility index (Phi) is 4.43. The molecule has 2 unspecified atom stereocenters. The lowest BCUT2D eigenvalue weighted by molar-refractivity contribution is 0.404. The molecule has 19 heavy (non-hydrogen) atoms. The van der Waals surface area contributed by atoms with Crippen LogP contribution in [0.15, 0.2) is 24.3 Å². The van der Waals surface area contributed by atoms with Gasteiger partial charge in [-0.25, -0.2) is 8.42 Å². The number of nitrogen functional groups attached to an aromatic ring is 1. The summed E-state index contributed by atoms with van der Waals surface area (Å²) >= 11 is 1.84. The highest BCUT2D eigenvalue weighted by Gasteiger charge is 2.30. The maximum atomic E-state index is 12.4. The van der Waals surface area contributed by atoms with Gasteiger partial charge in [-0.15, -0.1) is 0 Å². The number of hydrogen-bond acceptors (Lipinski definition) is 4. The molecule has 0 aromatic heterocycles. The van der Waals surface area contributed by atoms with Gasteiger partial charge in [0.1, 0.15) is 0 Å². The minimum atomic E-state index is -3.25. The summed E-state index contributed by atoms with van der Waals surface area (Å²) in [6, 6.07) is 7.08. The minimum absolute atomic E-state index is 0.0299. The second kappa shape index (κ2) is 5.73. The predicted molar refractivity (Wildman–Crippen MR) is 81.6 cm³/mol. The molecule has 2 rings (SSSR count). The Morgan fingerprint density at radius 3 is 2.53 bits per heavy atom. The summed E-state index contributed by atoms with van der Waals surface area (Å²) in [5.41, 5.74) is 7.04. The lowest BCUT2D eigenvalue weighted by Crippen LogP contribution is -2.44. The van der Waals surface area contributed by atoms with Gasteiger partial charge in [-0.3, -0.25) is 0 Å². The first kappa shape index (κ1) is 14.7. The van der Waals surface area contributed by atoms with Gasteiger partial charge in [0.2, 0.25) is 10.0 Å². The lowest BCUT2D eigenvalue weighted by Gasteiger charge is -2.33. The van der Waals surface area contributed by atoms with Crippen LogP contribution in [0.25, 0.3) is 0 Å². The van der Waals surface area contributed by atoms with Gasteiger partial charge < -0.3 is 5.73 Å². The summed E-state index contributed by atoms with van der Waals surface area (Å²) in [5.74, 6) is 0.0299. The van der Waals surface area contributed by atoms with Crippen LogP contribution in [0, 0.1) is 0 Å². The highest BCUT2D eigenvalue weighted by atomic mass is 32.2. The van der Waals surface area contributed by atoms with Crippen LogP contribution in [-0.4, -0.2) is 36.3 Å². The highest BCUT2D eigenvalue weighted by molar-refractivity contribution is 8.00. The van der Waals surface area contributed by atoms with E-state index < -0.39 is 10.0 Å². The van der Waals surface area contributed by atoms with E-state index in [1.807, 2.05) is 11.8 Å². The Balaban J connectivity index is 2.14. The monoisotopic (exact) mass is 300 g/mol. The van der Waals surface area contributed by atoms with Crippen molar-refractivity contribution >= 4 is 27.5 Å². The number of thioether (sulfide) groups is 1. The Hall–Kier alpha value is -0.720. The summed E-state index contributed by atoms with van der Waals surface area (Å²) in [6.45, 7) is 5.34. The van der Waals surface area contributed by atoms with E-state index in [0.29, 0.717) is 29.3 Å². The number of hydrogen-bond donors (Lipinski definition) is 1. The Bertz CT molecular complexity index is 535. The molecular weight excluding hydrogens is 280 g/mol. The molecule has 0 aliphatic carbocycles. The third-order valence-electron chi connectivity index (χ3n) is 3.08. The first-order valence-corrected chi connectivity index (χ1v) is 8.90. The first-order chi connectivity index (χ1) is 8.87. The molecule has 1 heterocycles. The minimum Gasteiger partial charge on any atom is -0.399 e. The standard InChI is InChI=1S/C13H20N2O2S2/c1-10-7-15(8-11(2)18-10)19(16,17)9-12-4-3-5-13(14)6-12/h3-6,10-11H,7-9,14H2,1-2H3. The van der Waals surface area contributed by atoms with E-state index in [4.69, 9.17) is 5.73 Å². The maximum absolute atomic E-state index is 12.4. The third kappa shape index (κ3) is 3.87. The van der Waals surface area contributed by atoms with Crippen molar-refractivity contribution in [1.82, 2.24) is 4.31 Å². The van der Waals surface area contributed by atoms with Gasteiger partial charge >= 0.3 is 0 Å². The molecule has 2 atom stereocenters. The zero-order valence-corrected chi connectivity index (χ0v) is 12.9. The molecule has 0 spiro atoms. The second-order valence-electron chi connectivity index (χ2n) is 5.08. The predicted octanol–water partition coefficient (Wildman–Crippen LogP) is 1.92. The molecule has 1 fully saturated rings. The summed E-state index contributed by atoms with van der Waals surface area (Å²) in [7, 11) is -3.25. The molecule has 4 nitrogen and oxygen atoms in total. The molecule has 0 radical (unpaired) electrons. The van der Waals surface area contributed by atoms with Crippen LogP contribution in [0.4, 0.5) is 5.69 Å². The molecule has 0 bridgehead atoms. The number of anilines is 1. The number of nitrogens with two attached hydrogens (primary N) is 1. The fraction of sp³-hybridized carbons (Fsp3) is 0.538. The van der Waals surface area contributed by atoms with Crippen molar-refractivity contribution in [2.24, 2.45) is 0 Å². The fourth-order valence-corrected chi connectivity index (χ4v) is 5.54. The van der Waals surface area contributed by atoms with Crippen LogP contribution in [0.3, 0.4) is 0 Å². The molecule has 1 aliphatic heterocycles. The van der Waals surface area contributed by atoms with Gasteiger partial charge in [0.15, 0.2) is 0 Å². The number of benzene rings is 1. The van der Waals surface area contributed by atoms with Crippen molar-refractivity contribution in [3.8, 4) is 0 Å². The van der Waals surface area contributed by atoms with E-state index in [0.717, 1.165) is 5.56 Å². The van der Waals surface area contributed by atoms with Crippen molar-refractivity contribution in [1.29, 1.82) is 0 Å². The maximum Gasteiger partial charge on any atom is 0.218 e. The average Bonchev–Trinajstić information content (AvgIpc) is 2.26. The third-order valence-corrected chi connectivity index (χ3v) is 6.09. The van der Waals surface area contributed by atoms with Gasteiger partial charge in [0.05, 0.1) is 5.75 Å². The van der Waals surface area contributed by atoms with E-state index in [-0.39, 0.29) is 5.75 Å². The molecule has 1 aromatic carbocycles. The van der Waals surface area contributed by atoms with Crippen LogP contribution in [0.2, 0.25) is 0 Å². The van der Waals surface area contributed by atoms with Crippen molar-refractivity contribution < 1.29 is 8.42 Å². The second-order valence-corrected chi connectivity index (χ2v) is 8.93. The van der Waals surface area contributed by atoms with Crippen LogP contribution in [0.1, 0.15) is 19.4 Å². The van der Waals surface area contributed by atoms with Gasteiger partial charge in [-0.05, 0) is 17.7 Å². The van der Waals surface area contributed by atoms with Crippen molar-refractivity contribution in [2.45, 2.75) is 30.1 Å². The summed E-state index contributed by atoms with van der Waals surface area (Å²) < 4.78 is 26.5. The Morgan fingerprint density at radius 2 is 1.95 bits per heavy atom. The Morgan fingerprint density at radius 1 is 1.32 bits per heavy atom. The molecule has 6 heteroatoms. The van der Waals surface area contributed by atoms with E-state index >= 15 is 0 Å². The molecule has 2 N–H and O–H groups in total. The quantitative estimate of drug-likeness (QED) is 0.866. The van der Waals surface area contributed by atoms with Crippen LogP contribution in [-0.2, 0) is 15.8 Å². The van der Waals surface area contributed by atoms with Crippen LogP contribution >= 0.6 is 11.8 Å². The molecular formula is C13H20N2O2S2. The van der Waals surface area contributed by atoms with Gasteiger partial charge in [0.25, 0.3) is 0 Å². The van der Waals surface area contributed by atoms with E-state index in [1.165, 1.54) is 0 Å². The Labute approximate surface area is 119 Å². The summed E-state index contributed by atoms with van der Waals surface area (Å²) in [6.07, 6.45) is 0. The molecule has 1 aromatic rings. The first-order valence-electron chi connectivity index (χ1n) is 6.34. The summed E-state index contributed by atoms with van der Waals surface area (Å²) in [4.78, 5) is 0. The van der Waals surface area contributed by atoms with Gasteiger partial charge in [0, 0.05) is 29.3 Å². The summed E-state index contributed by atoms with van der Waals surface area (Å²) in [5, 5.41) is 0.693. The normalized spacial score (nSPS) is 25.4. The number of rotatable bonds is 3. The zero-order chi connectivity index (χ0) is 14.0. The van der Waals surface area contributed by atoms with E-state index in [1.54, 1.807) is 28.6 Å². The molecule has 1 saturated heterocycles. The highest BCUT2D eigenvalue weighted by Crippen LogP contribution is 2.27. The topological polar surface area (TPSA) is 63.4 Å². The largest absolute Gasteiger partial charge is 0.399 e. The van der Waals surface area contributed by atoms with Crippen molar-refractivity contribution in [2.75, 3.05) is 18.8 Å². The van der Waals surface area contributed by atoms with Gasteiger partial charge in [-0.2, -0.15) is 16.1 Å². The van der Waals surface area contributed by atoms with Crippen LogP contribution < -0.4 is 5.73 Å². The van der Waals surface area contributed by atoms with Crippen molar-refractivity contribution in [3.05, 3.63) is 29.8 Å². The number of nitrogens with zero attached hydrogens (tertiary/aromatic N) is 1. The van der Waals surface area contributed by atoms with Gasteiger partial charge in [-0.1, -0.05) is 26.0 Å². The smallest absolute Gasteiger partial charge is 0.218 e. The molecule has 0 amide bonds. The SMILES string of the molecule is CC1CN(S(=O)(=O)Cc2cccc(N)c2)CC(C)S1. The fourth-order valence-electron chi connectivity index (χ4n) is 2.34. The number of sulfonamides is 1. The molecule has 0 saturated carbocycles. The van der Waals surface area contributed by atoms with E-state index in [2.05, 4.69) is 13.8 Å². The van der Waals surface area contributed by atoms with E-state index in [9.17, 15) is 8.42 Å².